The molecule has 0 fully saturated rings. The molecule has 4 aromatic rings. The number of carbonyl (C=O) groups is 2. The van der Waals surface area contributed by atoms with E-state index >= 15 is 0 Å². The summed E-state index contributed by atoms with van der Waals surface area (Å²) in [7, 11) is 1.53. The number of hydrogen-bond acceptors (Lipinski definition) is 8. The molecule has 11 heteroatoms. The fourth-order valence-electron chi connectivity index (χ4n) is 3.77. The minimum Gasteiger partial charge on any atom is -0.497 e. The average Bonchev–Trinajstić information content (AvgIpc) is 3.57. The van der Waals surface area contributed by atoms with E-state index in [4.69, 9.17) is 13.6 Å². The van der Waals surface area contributed by atoms with E-state index in [9.17, 15) is 9.59 Å². The summed E-state index contributed by atoms with van der Waals surface area (Å²) in [4.78, 5) is 30.0. The molecular weight excluding hydrogens is 476 g/mol. The highest BCUT2D eigenvalue weighted by molar-refractivity contribution is 6.01. The van der Waals surface area contributed by atoms with Crippen LogP contribution < -0.4 is 15.0 Å². The lowest BCUT2D eigenvalue weighted by Crippen LogP contribution is -2.50. The Morgan fingerprint density at radius 2 is 1.81 bits per heavy atom. The third-order valence-corrected chi connectivity index (χ3v) is 5.33. The molecule has 0 radical (unpaired) electrons. The maximum Gasteiger partial charge on any atom is 0.251 e. The summed E-state index contributed by atoms with van der Waals surface area (Å²) in [6, 6.07) is 12.7. The molecule has 1 aromatic carbocycles. The summed E-state index contributed by atoms with van der Waals surface area (Å²) in [5, 5.41) is 15.3. The maximum absolute atomic E-state index is 13.9. The minimum absolute atomic E-state index is 0.248. The quantitative estimate of drug-likeness (QED) is 0.382. The summed E-state index contributed by atoms with van der Waals surface area (Å²) < 4.78 is 16.8. The van der Waals surface area contributed by atoms with E-state index in [1.165, 1.54) is 12.0 Å². The average molecular weight is 507 g/mol. The van der Waals surface area contributed by atoms with Gasteiger partial charge in [0.25, 0.3) is 11.8 Å². The Balaban J connectivity index is 1.75. The summed E-state index contributed by atoms with van der Waals surface area (Å²) >= 11 is 0. The molecule has 3 aromatic heterocycles. The third kappa shape index (κ3) is 6.05. The number of furan rings is 2. The molecule has 0 bridgehead atoms. The number of aromatic nitrogens is 4. The third-order valence-electron chi connectivity index (χ3n) is 5.33. The molecule has 1 atom stereocenters. The van der Waals surface area contributed by atoms with Crippen molar-refractivity contribution in [3.8, 4) is 17.3 Å². The number of nitrogens with one attached hydrogen (secondary N) is 1. The van der Waals surface area contributed by atoms with Crippen molar-refractivity contribution >= 4 is 17.5 Å². The Morgan fingerprint density at radius 1 is 1.08 bits per heavy atom. The molecule has 0 spiro atoms. The Bertz CT molecular complexity index is 1400. The van der Waals surface area contributed by atoms with Crippen LogP contribution >= 0.6 is 0 Å². The van der Waals surface area contributed by atoms with Crippen LogP contribution in [-0.4, -0.2) is 44.7 Å². The maximum atomic E-state index is 13.9. The minimum atomic E-state index is -1.11. The summed E-state index contributed by atoms with van der Waals surface area (Å²) in [6.07, 6.45) is 0. The first-order chi connectivity index (χ1) is 17.5. The molecule has 0 aliphatic heterocycles. The van der Waals surface area contributed by atoms with Gasteiger partial charge in [-0.05, 0) is 76.2 Å². The van der Waals surface area contributed by atoms with Crippen LogP contribution in [0.2, 0.25) is 0 Å². The van der Waals surface area contributed by atoms with Crippen molar-refractivity contribution in [2.24, 2.45) is 0 Å². The number of benzene rings is 1. The van der Waals surface area contributed by atoms with Crippen molar-refractivity contribution in [2.45, 2.75) is 52.7 Å². The monoisotopic (exact) mass is 506 g/mol. The van der Waals surface area contributed by atoms with E-state index in [-0.39, 0.29) is 12.4 Å². The SMILES string of the molecule is COc1cccc(N(C(=O)Cn2nnc(-c3ccc(C)o3)n2)C(C(=O)NC(C)(C)C)c2ccc(C)o2)c1. The molecule has 0 aliphatic carbocycles. The smallest absolute Gasteiger partial charge is 0.251 e. The molecule has 0 aliphatic rings. The molecule has 0 saturated heterocycles. The van der Waals surface area contributed by atoms with Crippen molar-refractivity contribution in [1.82, 2.24) is 25.5 Å². The molecule has 11 nitrogen and oxygen atoms in total. The first-order valence-electron chi connectivity index (χ1n) is 11.7. The summed E-state index contributed by atoms with van der Waals surface area (Å²) in [6.45, 7) is 8.89. The predicted molar refractivity (Wildman–Crippen MR) is 135 cm³/mol. The zero-order valence-corrected chi connectivity index (χ0v) is 21.7. The van der Waals surface area contributed by atoms with Gasteiger partial charge in [0, 0.05) is 17.3 Å². The van der Waals surface area contributed by atoms with Crippen molar-refractivity contribution in [1.29, 1.82) is 0 Å². The molecule has 3 heterocycles. The van der Waals surface area contributed by atoms with Gasteiger partial charge in [-0.3, -0.25) is 14.5 Å². The highest BCUT2D eigenvalue weighted by atomic mass is 16.5. The van der Waals surface area contributed by atoms with Gasteiger partial charge in [-0.15, -0.1) is 10.2 Å². The molecule has 4 rings (SSSR count). The Hall–Kier alpha value is -4.41. The number of methoxy groups -OCH3 is 1. The van der Waals surface area contributed by atoms with E-state index in [0.717, 1.165) is 4.80 Å². The van der Waals surface area contributed by atoms with Gasteiger partial charge in [0.2, 0.25) is 5.82 Å². The van der Waals surface area contributed by atoms with E-state index in [0.29, 0.717) is 34.5 Å². The molecule has 1 N–H and O–H groups in total. The number of ether oxygens (including phenoxy) is 1. The van der Waals surface area contributed by atoms with Crippen molar-refractivity contribution in [2.75, 3.05) is 12.0 Å². The van der Waals surface area contributed by atoms with Gasteiger partial charge in [-0.2, -0.15) is 4.80 Å². The molecule has 37 heavy (non-hydrogen) atoms. The number of carbonyl (C=O) groups excluding carboxylic acids is 2. The number of anilines is 1. The standard InChI is InChI=1S/C26H30N6O5/c1-16-10-12-20(36-16)23(25(34)27-26(3,4)5)32(18-8-7-9-19(14-18)35-6)22(33)15-31-29-24(28-30-31)21-13-11-17(2)37-21/h7-14,23H,15H2,1-6H3,(H,27,34). The second-order valence-electron chi connectivity index (χ2n) is 9.61. The Labute approximate surface area is 214 Å². The zero-order valence-electron chi connectivity index (χ0n) is 21.7. The van der Waals surface area contributed by atoms with Crippen LogP contribution in [0.25, 0.3) is 11.6 Å². The van der Waals surface area contributed by atoms with Crippen LogP contribution in [0, 0.1) is 13.8 Å². The number of nitrogens with zero attached hydrogens (tertiary/aromatic N) is 5. The van der Waals surface area contributed by atoms with Gasteiger partial charge in [0.05, 0.1) is 7.11 Å². The lowest BCUT2D eigenvalue weighted by Gasteiger charge is -2.32. The van der Waals surface area contributed by atoms with Gasteiger partial charge >= 0.3 is 0 Å². The van der Waals surface area contributed by atoms with Gasteiger partial charge in [0.15, 0.2) is 11.8 Å². The highest BCUT2D eigenvalue weighted by Crippen LogP contribution is 2.32. The van der Waals surface area contributed by atoms with Crippen molar-refractivity contribution in [3.05, 3.63) is 65.8 Å². The largest absolute Gasteiger partial charge is 0.497 e. The Morgan fingerprint density at radius 3 is 2.43 bits per heavy atom. The molecular formula is C26H30N6O5. The first-order valence-corrected chi connectivity index (χ1v) is 11.7. The van der Waals surface area contributed by atoms with Gasteiger partial charge in [-0.1, -0.05) is 6.07 Å². The van der Waals surface area contributed by atoms with Gasteiger partial charge in [0.1, 0.15) is 29.6 Å². The Kier molecular flexibility index (Phi) is 7.14. The topological polar surface area (TPSA) is 129 Å². The number of hydrogen-bond donors (Lipinski definition) is 1. The number of tetrazole rings is 1. The van der Waals surface area contributed by atoms with Crippen LogP contribution in [0.5, 0.6) is 5.75 Å². The van der Waals surface area contributed by atoms with Gasteiger partial charge in [-0.25, -0.2) is 0 Å². The fourth-order valence-corrected chi connectivity index (χ4v) is 3.77. The van der Waals surface area contributed by atoms with Crippen LogP contribution in [0.3, 0.4) is 0 Å². The van der Waals surface area contributed by atoms with Crippen molar-refractivity contribution in [3.63, 3.8) is 0 Å². The summed E-state index contributed by atoms with van der Waals surface area (Å²) in [5.74, 6) is 1.97. The summed E-state index contributed by atoms with van der Waals surface area (Å²) in [5.41, 5.74) is -0.113. The van der Waals surface area contributed by atoms with Crippen LogP contribution in [0.1, 0.15) is 44.1 Å². The van der Waals surface area contributed by atoms with E-state index in [2.05, 4.69) is 20.7 Å². The van der Waals surface area contributed by atoms with Crippen LogP contribution in [0.4, 0.5) is 5.69 Å². The molecule has 0 saturated carbocycles. The number of rotatable bonds is 8. The normalized spacial score (nSPS) is 12.3. The van der Waals surface area contributed by atoms with E-state index in [1.54, 1.807) is 55.5 Å². The molecule has 1 unspecified atom stereocenters. The second kappa shape index (κ2) is 10.3. The van der Waals surface area contributed by atoms with Crippen LogP contribution in [-0.2, 0) is 16.1 Å². The molecule has 194 valence electrons. The number of amides is 2. The predicted octanol–water partition coefficient (Wildman–Crippen LogP) is 3.84. The van der Waals surface area contributed by atoms with Crippen LogP contribution in [0.15, 0.2) is 57.4 Å². The highest BCUT2D eigenvalue weighted by Gasteiger charge is 2.37. The first kappa shape index (κ1) is 25.7. The fraction of sp³-hybridized carbons (Fsp3) is 0.346. The van der Waals surface area contributed by atoms with Gasteiger partial charge < -0.3 is 18.9 Å². The van der Waals surface area contributed by atoms with E-state index < -0.39 is 23.4 Å². The lowest BCUT2D eigenvalue weighted by molar-refractivity contribution is -0.128. The van der Waals surface area contributed by atoms with E-state index in [1.807, 2.05) is 27.7 Å². The number of aryl methyl sites for hydroxylation is 2. The molecule has 2 amide bonds. The zero-order chi connectivity index (χ0) is 26.7. The lowest BCUT2D eigenvalue weighted by atomic mass is 10.1. The van der Waals surface area contributed by atoms with Crippen molar-refractivity contribution < 1.29 is 23.2 Å². The second-order valence-corrected chi connectivity index (χ2v) is 9.61.